The zero-order chi connectivity index (χ0) is 17.7. The molecule has 4 heteroatoms. The van der Waals surface area contributed by atoms with E-state index in [9.17, 15) is 4.39 Å². The topological polar surface area (TPSA) is 37.8 Å². The molecule has 1 aromatic heterocycles. The van der Waals surface area contributed by atoms with E-state index in [-0.39, 0.29) is 0 Å². The summed E-state index contributed by atoms with van der Waals surface area (Å²) >= 11 is 0. The molecule has 1 atom stereocenters. The van der Waals surface area contributed by atoms with Crippen LogP contribution in [0.1, 0.15) is 57.6 Å². The second kappa shape index (κ2) is 12.6. The van der Waals surface area contributed by atoms with Crippen molar-refractivity contribution in [3.05, 3.63) is 53.5 Å². The third-order valence-electron chi connectivity index (χ3n) is 3.05. The Hall–Kier alpha value is -1.97. The zero-order valence-corrected chi connectivity index (χ0v) is 15.2. The van der Waals surface area contributed by atoms with E-state index in [1.807, 2.05) is 52.8 Å². The lowest BCUT2D eigenvalue weighted by Crippen LogP contribution is -2.10. The molecular weight excluding hydrogens is 289 g/mol. The summed E-state index contributed by atoms with van der Waals surface area (Å²) < 4.78 is 13.3. The van der Waals surface area contributed by atoms with Gasteiger partial charge in [-0.15, -0.1) is 0 Å². The first kappa shape index (κ1) is 21.0. The molecule has 1 N–H and O–H groups in total. The van der Waals surface area contributed by atoms with Gasteiger partial charge in [-0.05, 0) is 25.8 Å². The van der Waals surface area contributed by atoms with Gasteiger partial charge in [0.1, 0.15) is 18.3 Å². The van der Waals surface area contributed by atoms with Gasteiger partial charge in [0.25, 0.3) is 0 Å². The molecular formula is C19H30FN3. The van der Waals surface area contributed by atoms with E-state index in [4.69, 9.17) is 0 Å². The van der Waals surface area contributed by atoms with Crippen LogP contribution < -0.4 is 5.32 Å². The van der Waals surface area contributed by atoms with Crippen LogP contribution >= 0.6 is 0 Å². The lowest BCUT2D eigenvalue weighted by Gasteiger charge is -2.11. The number of hydrogen-bond acceptors (Lipinski definition) is 3. The Morgan fingerprint density at radius 2 is 1.65 bits per heavy atom. The molecule has 3 nitrogen and oxygen atoms in total. The van der Waals surface area contributed by atoms with Crippen molar-refractivity contribution >= 4 is 5.82 Å². The molecule has 0 aliphatic heterocycles. The van der Waals surface area contributed by atoms with E-state index in [0.29, 0.717) is 11.5 Å². The van der Waals surface area contributed by atoms with E-state index in [1.165, 1.54) is 18.8 Å². The Labute approximate surface area is 140 Å². The number of halogens is 1. The van der Waals surface area contributed by atoms with Crippen LogP contribution in [0.2, 0.25) is 0 Å². The quantitative estimate of drug-likeness (QED) is 0.788. The molecule has 0 aliphatic rings. The van der Waals surface area contributed by atoms with Crippen molar-refractivity contribution in [3.63, 3.8) is 0 Å². The predicted molar refractivity (Wildman–Crippen MR) is 97.6 cm³/mol. The van der Waals surface area contributed by atoms with Gasteiger partial charge in [-0.25, -0.2) is 14.4 Å². The molecule has 1 aromatic carbocycles. The molecule has 2 aromatic rings. The number of aromatic nitrogens is 2. The van der Waals surface area contributed by atoms with Crippen LogP contribution in [0.4, 0.5) is 10.2 Å². The van der Waals surface area contributed by atoms with Crippen molar-refractivity contribution in [3.8, 4) is 0 Å². The van der Waals surface area contributed by atoms with Crippen LogP contribution in [0, 0.1) is 6.92 Å². The molecule has 1 heterocycles. The van der Waals surface area contributed by atoms with Crippen LogP contribution in [0.5, 0.6) is 0 Å². The Bertz CT molecular complexity index is 527. The third kappa shape index (κ3) is 7.22. The Morgan fingerprint density at radius 3 is 2.22 bits per heavy atom. The molecule has 23 heavy (non-hydrogen) atoms. The number of benzene rings is 1. The average molecular weight is 319 g/mol. The Kier molecular flexibility index (Phi) is 11.5. The highest BCUT2D eigenvalue weighted by atomic mass is 19.1. The van der Waals surface area contributed by atoms with Crippen LogP contribution in [0.15, 0.2) is 36.7 Å². The van der Waals surface area contributed by atoms with E-state index >= 15 is 0 Å². The molecule has 0 amide bonds. The van der Waals surface area contributed by atoms with E-state index in [1.54, 1.807) is 0 Å². The summed E-state index contributed by atoms with van der Waals surface area (Å²) in [5.74, 6) is 0.713. The Morgan fingerprint density at radius 1 is 1.04 bits per heavy atom. The highest BCUT2D eigenvalue weighted by molar-refractivity contribution is 5.45. The van der Waals surface area contributed by atoms with Gasteiger partial charge in [0, 0.05) is 12.1 Å². The summed E-state index contributed by atoms with van der Waals surface area (Å²) in [6.45, 7) is 12.1. The van der Waals surface area contributed by atoms with Gasteiger partial charge in [-0.1, -0.05) is 58.0 Å². The number of nitrogens with one attached hydrogen (secondary N) is 1. The molecule has 1 unspecified atom stereocenters. The number of alkyl halides is 1. The minimum absolute atomic E-state index is 0.456. The molecule has 128 valence electrons. The summed E-state index contributed by atoms with van der Waals surface area (Å²) in [5.41, 5.74) is 2.50. The summed E-state index contributed by atoms with van der Waals surface area (Å²) in [6, 6.07) is 10.2. The molecule has 0 aliphatic carbocycles. The van der Waals surface area contributed by atoms with Crippen LogP contribution in [-0.4, -0.2) is 16.5 Å². The second-order valence-corrected chi connectivity index (χ2v) is 4.51. The normalized spacial score (nSPS) is 10.6. The highest BCUT2D eigenvalue weighted by Gasteiger charge is 2.12. The molecule has 0 bridgehead atoms. The van der Waals surface area contributed by atoms with E-state index < -0.39 is 6.17 Å². The summed E-state index contributed by atoms with van der Waals surface area (Å²) in [5, 5.41) is 3.24. The maximum absolute atomic E-state index is 13.3. The predicted octanol–water partition coefficient (Wildman–Crippen LogP) is 5.52. The number of hydrogen-bond donors (Lipinski definition) is 1. The van der Waals surface area contributed by atoms with Gasteiger partial charge in [-0.3, -0.25) is 0 Å². The van der Waals surface area contributed by atoms with Gasteiger partial charge in [-0.2, -0.15) is 0 Å². The molecule has 2 rings (SSSR count). The van der Waals surface area contributed by atoms with Gasteiger partial charge in [0.15, 0.2) is 0 Å². The fourth-order valence-electron chi connectivity index (χ4n) is 2.01. The maximum Gasteiger partial charge on any atom is 0.140 e. The molecule has 0 saturated heterocycles. The lowest BCUT2D eigenvalue weighted by molar-refractivity contribution is 0.364. The first-order valence-electron chi connectivity index (χ1n) is 8.42. The van der Waals surface area contributed by atoms with Gasteiger partial charge < -0.3 is 5.32 Å². The van der Waals surface area contributed by atoms with Crippen LogP contribution in [0.3, 0.4) is 0 Å². The zero-order valence-electron chi connectivity index (χ0n) is 15.2. The smallest absolute Gasteiger partial charge is 0.140 e. The summed E-state index contributed by atoms with van der Waals surface area (Å²) in [4.78, 5) is 8.14. The first-order valence-corrected chi connectivity index (χ1v) is 8.42. The van der Waals surface area contributed by atoms with Gasteiger partial charge >= 0.3 is 0 Å². The summed E-state index contributed by atoms with van der Waals surface area (Å²) in [7, 11) is 0. The van der Waals surface area contributed by atoms with Crippen molar-refractivity contribution in [1.29, 1.82) is 0 Å². The molecule has 0 spiro atoms. The van der Waals surface area contributed by atoms with Crippen molar-refractivity contribution in [1.82, 2.24) is 9.97 Å². The second-order valence-electron chi connectivity index (χ2n) is 4.51. The fourth-order valence-corrected chi connectivity index (χ4v) is 2.01. The number of rotatable bonds is 5. The minimum atomic E-state index is -1.07. The van der Waals surface area contributed by atoms with E-state index in [0.717, 1.165) is 18.5 Å². The standard InChI is InChI=1S/C15H18FN3.2C2H6/c1-11-14(12(2)16)18-10-19-15(11)17-9-8-13-6-4-3-5-7-13;2*1-2/h3-7,10,12H,8-9H2,1-2H3,(H,17,18,19);2*1-2H3. The number of anilines is 1. The van der Waals surface area contributed by atoms with Gasteiger partial charge in [0.05, 0.1) is 5.69 Å². The SMILES string of the molecule is CC.CC.Cc1c(NCCc2ccccc2)ncnc1C(C)F. The fraction of sp³-hybridized carbons (Fsp3) is 0.474. The largest absolute Gasteiger partial charge is 0.369 e. The minimum Gasteiger partial charge on any atom is -0.369 e. The third-order valence-corrected chi connectivity index (χ3v) is 3.05. The van der Waals surface area contributed by atoms with Crippen molar-refractivity contribution < 1.29 is 4.39 Å². The number of nitrogens with zero attached hydrogens (tertiary/aromatic N) is 2. The monoisotopic (exact) mass is 319 g/mol. The van der Waals surface area contributed by atoms with Crippen molar-refractivity contribution in [2.24, 2.45) is 0 Å². The van der Waals surface area contributed by atoms with Crippen molar-refractivity contribution in [2.45, 2.75) is 54.1 Å². The molecule has 0 saturated carbocycles. The Balaban J connectivity index is 0.00000112. The maximum atomic E-state index is 13.3. The van der Waals surface area contributed by atoms with E-state index in [2.05, 4.69) is 27.4 Å². The van der Waals surface area contributed by atoms with Crippen LogP contribution in [-0.2, 0) is 6.42 Å². The van der Waals surface area contributed by atoms with Crippen molar-refractivity contribution in [2.75, 3.05) is 11.9 Å². The molecule has 0 fully saturated rings. The van der Waals surface area contributed by atoms with Crippen LogP contribution in [0.25, 0.3) is 0 Å². The first-order chi connectivity index (χ1) is 11.2. The average Bonchev–Trinajstić information content (AvgIpc) is 2.61. The molecule has 0 radical (unpaired) electrons. The summed E-state index contributed by atoms with van der Waals surface area (Å²) in [6.07, 6.45) is 1.24. The van der Waals surface area contributed by atoms with Gasteiger partial charge in [0.2, 0.25) is 0 Å². The lowest BCUT2D eigenvalue weighted by atomic mass is 10.1. The highest BCUT2D eigenvalue weighted by Crippen LogP contribution is 2.22.